The second-order valence-electron chi connectivity index (χ2n) is 6.24. The van der Waals surface area contributed by atoms with E-state index in [0.29, 0.717) is 23.9 Å². The minimum Gasteiger partial charge on any atom is -0.472 e. The van der Waals surface area contributed by atoms with Gasteiger partial charge in [0.05, 0.1) is 5.39 Å². The number of fused-ring (bicyclic) bond motifs is 1. The van der Waals surface area contributed by atoms with Crippen LogP contribution in [-0.4, -0.2) is 47.0 Å². The quantitative estimate of drug-likeness (QED) is 0.767. The number of ether oxygens (including phenoxy) is 1. The van der Waals surface area contributed by atoms with Crippen molar-refractivity contribution in [3.63, 3.8) is 0 Å². The highest BCUT2D eigenvalue weighted by molar-refractivity contribution is 7.16. The number of nitrogens with zero attached hydrogens (tertiary/aromatic N) is 3. The molecule has 1 fully saturated rings. The highest BCUT2D eigenvalue weighted by atomic mass is 32.1. The molecule has 1 aliphatic heterocycles. The predicted octanol–water partition coefficient (Wildman–Crippen LogP) is 2.62. The zero-order chi connectivity index (χ0) is 17.9. The molecule has 1 aromatic carbocycles. The first-order valence-electron chi connectivity index (χ1n) is 8.64. The molecule has 0 radical (unpaired) electrons. The van der Waals surface area contributed by atoms with Crippen molar-refractivity contribution in [1.82, 2.24) is 20.2 Å². The average Bonchev–Trinajstić information content (AvgIpc) is 3.15. The molecular formula is C19H20N4O2S. The monoisotopic (exact) mass is 368 g/mol. The van der Waals surface area contributed by atoms with Crippen LogP contribution < -0.4 is 10.1 Å². The van der Waals surface area contributed by atoms with Crippen molar-refractivity contribution in [2.24, 2.45) is 0 Å². The molecule has 0 atom stereocenters. The van der Waals surface area contributed by atoms with E-state index in [9.17, 15) is 4.79 Å². The molecule has 0 unspecified atom stereocenters. The van der Waals surface area contributed by atoms with Crippen LogP contribution in [0.25, 0.3) is 10.2 Å². The number of amides is 1. The minimum absolute atomic E-state index is 0.0883. The van der Waals surface area contributed by atoms with Gasteiger partial charge in [-0.3, -0.25) is 4.79 Å². The Balaban J connectivity index is 1.44. The maximum atomic E-state index is 12.5. The lowest BCUT2D eigenvalue weighted by Gasteiger charge is -2.27. The van der Waals surface area contributed by atoms with Crippen molar-refractivity contribution < 1.29 is 9.53 Å². The van der Waals surface area contributed by atoms with E-state index < -0.39 is 0 Å². The fraction of sp³-hybridized carbons (Fsp3) is 0.316. The fourth-order valence-electron chi connectivity index (χ4n) is 2.99. The summed E-state index contributed by atoms with van der Waals surface area (Å²) in [6, 6.07) is 9.59. The Kier molecular flexibility index (Phi) is 4.81. The Labute approximate surface area is 155 Å². The summed E-state index contributed by atoms with van der Waals surface area (Å²) in [6.07, 6.45) is 0. The zero-order valence-corrected chi connectivity index (χ0v) is 15.4. The molecule has 1 saturated heterocycles. The summed E-state index contributed by atoms with van der Waals surface area (Å²) >= 11 is 1.58. The maximum absolute atomic E-state index is 12.5. The van der Waals surface area contributed by atoms with Gasteiger partial charge in [-0.1, -0.05) is 12.1 Å². The molecule has 1 N–H and O–H groups in total. The van der Waals surface area contributed by atoms with Gasteiger partial charge in [-0.25, -0.2) is 4.98 Å². The molecule has 7 heteroatoms. The summed E-state index contributed by atoms with van der Waals surface area (Å²) in [5, 5.41) is 6.18. The molecule has 1 aliphatic rings. The van der Waals surface area contributed by atoms with Crippen LogP contribution in [0.3, 0.4) is 0 Å². The molecule has 6 nitrogen and oxygen atoms in total. The lowest BCUT2D eigenvalue weighted by atomic mass is 10.1. The lowest BCUT2D eigenvalue weighted by Crippen LogP contribution is -2.46. The molecule has 26 heavy (non-hydrogen) atoms. The highest BCUT2D eigenvalue weighted by Crippen LogP contribution is 2.27. The summed E-state index contributed by atoms with van der Waals surface area (Å²) < 4.78 is 5.91. The van der Waals surface area contributed by atoms with Crippen LogP contribution in [-0.2, 0) is 6.61 Å². The van der Waals surface area contributed by atoms with Crippen LogP contribution in [0, 0.1) is 6.92 Å². The normalized spacial score (nSPS) is 14.6. The first-order chi connectivity index (χ1) is 12.7. The second kappa shape index (κ2) is 7.39. The number of aryl methyl sites for hydroxylation is 1. The molecule has 3 heterocycles. The summed E-state index contributed by atoms with van der Waals surface area (Å²) in [5.74, 6) is 1.40. The molecule has 0 spiro atoms. The van der Waals surface area contributed by atoms with Gasteiger partial charge < -0.3 is 15.0 Å². The van der Waals surface area contributed by atoms with E-state index in [1.807, 2.05) is 47.5 Å². The van der Waals surface area contributed by atoms with Crippen LogP contribution in [0.15, 0.2) is 35.7 Å². The Morgan fingerprint density at radius 2 is 1.96 bits per heavy atom. The van der Waals surface area contributed by atoms with Crippen molar-refractivity contribution in [2.75, 3.05) is 26.2 Å². The van der Waals surface area contributed by atoms with E-state index in [-0.39, 0.29) is 5.91 Å². The molecule has 0 bridgehead atoms. The smallest absolute Gasteiger partial charge is 0.253 e. The van der Waals surface area contributed by atoms with Gasteiger partial charge in [0, 0.05) is 31.7 Å². The van der Waals surface area contributed by atoms with Crippen LogP contribution in [0.2, 0.25) is 0 Å². The third-order valence-corrected chi connectivity index (χ3v) is 5.19. The van der Waals surface area contributed by atoms with Gasteiger partial charge >= 0.3 is 0 Å². The number of hydrogen-bond acceptors (Lipinski definition) is 6. The van der Waals surface area contributed by atoms with E-state index in [1.54, 1.807) is 11.3 Å². The summed E-state index contributed by atoms with van der Waals surface area (Å²) in [4.78, 5) is 24.1. The number of carbonyl (C=O) groups excluding carboxylic acids is 1. The number of piperazine rings is 1. The first kappa shape index (κ1) is 16.9. The number of nitrogens with one attached hydrogen (secondary N) is 1. The number of rotatable bonds is 4. The van der Waals surface area contributed by atoms with Crippen molar-refractivity contribution in [3.05, 3.63) is 52.7 Å². The molecule has 4 rings (SSSR count). The Hall–Kier alpha value is -2.51. The predicted molar refractivity (Wildman–Crippen MR) is 102 cm³/mol. The van der Waals surface area contributed by atoms with Crippen LogP contribution in [0.4, 0.5) is 0 Å². The minimum atomic E-state index is 0.0883. The zero-order valence-electron chi connectivity index (χ0n) is 14.6. The summed E-state index contributed by atoms with van der Waals surface area (Å²) in [5.41, 5.74) is 1.72. The van der Waals surface area contributed by atoms with Crippen molar-refractivity contribution >= 4 is 27.5 Å². The largest absolute Gasteiger partial charge is 0.472 e. The van der Waals surface area contributed by atoms with Gasteiger partial charge in [0.15, 0.2) is 0 Å². The van der Waals surface area contributed by atoms with E-state index in [0.717, 1.165) is 42.0 Å². The standard InChI is InChI=1S/C19H20N4O2S/c1-13-21-17(16-6-11-26-18(16)22-13)25-12-14-2-4-15(5-3-14)19(24)23-9-7-20-8-10-23/h2-6,11,20H,7-10,12H2,1H3. The highest BCUT2D eigenvalue weighted by Gasteiger charge is 2.17. The average molecular weight is 368 g/mol. The van der Waals surface area contributed by atoms with Crippen LogP contribution in [0.5, 0.6) is 5.88 Å². The van der Waals surface area contributed by atoms with Crippen molar-refractivity contribution in [3.8, 4) is 5.88 Å². The van der Waals surface area contributed by atoms with E-state index >= 15 is 0 Å². The first-order valence-corrected chi connectivity index (χ1v) is 9.52. The second-order valence-corrected chi connectivity index (χ2v) is 7.14. The van der Waals surface area contributed by atoms with Crippen LogP contribution in [0.1, 0.15) is 21.7 Å². The van der Waals surface area contributed by atoms with E-state index in [2.05, 4.69) is 15.3 Å². The summed E-state index contributed by atoms with van der Waals surface area (Å²) in [7, 11) is 0. The summed E-state index contributed by atoms with van der Waals surface area (Å²) in [6.45, 7) is 5.49. The molecule has 134 valence electrons. The number of benzene rings is 1. The Morgan fingerprint density at radius 1 is 1.19 bits per heavy atom. The Morgan fingerprint density at radius 3 is 2.73 bits per heavy atom. The van der Waals surface area contributed by atoms with Crippen LogP contribution >= 0.6 is 11.3 Å². The fourth-order valence-corrected chi connectivity index (χ4v) is 3.79. The van der Waals surface area contributed by atoms with Gasteiger partial charge in [-0.15, -0.1) is 11.3 Å². The molecule has 0 saturated carbocycles. The SMILES string of the molecule is Cc1nc(OCc2ccc(C(=O)N3CCNCC3)cc2)c2ccsc2n1. The van der Waals surface area contributed by atoms with E-state index in [4.69, 9.17) is 4.74 Å². The van der Waals surface area contributed by atoms with Crippen molar-refractivity contribution in [2.45, 2.75) is 13.5 Å². The molecule has 3 aromatic rings. The lowest BCUT2D eigenvalue weighted by molar-refractivity contribution is 0.0736. The number of aromatic nitrogens is 2. The Bertz CT molecular complexity index is 917. The van der Waals surface area contributed by atoms with Gasteiger partial charge in [0.1, 0.15) is 17.3 Å². The van der Waals surface area contributed by atoms with Gasteiger partial charge in [-0.05, 0) is 36.1 Å². The van der Waals surface area contributed by atoms with Gasteiger partial charge in [0.2, 0.25) is 5.88 Å². The van der Waals surface area contributed by atoms with Crippen molar-refractivity contribution in [1.29, 1.82) is 0 Å². The van der Waals surface area contributed by atoms with E-state index in [1.165, 1.54) is 0 Å². The number of carbonyl (C=O) groups is 1. The van der Waals surface area contributed by atoms with Gasteiger partial charge in [-0.2, -0.15) is 4.98 Å². The number of hydrogen-bond donors (Lipinski definition) is 1. The van der Waals surface area contributed by atoms with Gasteiger partial charge in [0.25, 0.3) is 5.91 Å². The molecular weight excluding hydrogens is 348 g/mol. The molecule has 2 aromatic heterocycles. The molecule has 1 amide bonds. The third kappa shape index (κ3) is 3.54. The topological polar surface area (TPSA) is 67.3 Å². The third-order valence-electron chi connectivity index (χ3n) is 4.38. The maximum Gasteiger partial charge on any atom is 0.253 e. The molecule has 0 aliphatic carbocycles. The number of thiophene rings is 1.